The SMILES string of the molecule is C=CCn1c(SCc2cc(=O)oc3cc(OC)ccc23)nnc1-c1ccc(OC)cc1. The van der Waals surface area contributed by atoms with Crippen LogP contribution < -0.4 is 15.1 Å². The van der Waals surface area contributed by atoms with Crippen molar-refractivity contribution in [2.45, 2.75) is 17.5 Å². The van der Waals surface area contributed by atoms with Crippen LogP contribution in [0.3, 0.4) is 0 Å². The number of aromatic nitrogens is 3. The molecule has 0 atom stereocenters. The maximum atomic E-state index is 12.1. The van der Waals surface area contributed by atoms with Gasteiger partial charge < -0.3 is 13.9 Å². The van der Waals surface area contributed by atoms with E-state index in [1.807, 2.05) is 41.0 Å². The molecule has 31 heavy (non-hydrogen) atoms. The molecule has 0 aliphatic rings. The first-order chi connectivity index (χ1) is 15.1. The van der Waals surface area contributed by atoms with E-state index >= 15 is 0 Å². The van der Waals surface area contributed by atoms with E-state index in [1.54, 1.807) is 26.4 Å². The summed E-state index contributed by atoms with van der Waals surface area (Å²) in [4.78, 5) is 12.1. The van der Waals surface area contributed by atoms with Crippen LogP contribution in [0.25, 0.3) is 22.4 Å². The summed E-state index contributed by atoms with van der Waals surface area (Å²) in [5, 5.41) is 10.4. The number of allylic oxidation sites excluding steroid dienone is 1. The molecule has 0 unspecified atom stereocenters. The first-order valence-electron chi connectivity index (χ1n) is 9.55. The summed E-state index contributed by atoms with van der Waals surface area (Å²) in [5.74, 6) is 2.69. The molecule has 0 saturated carbocycles. The maximum absolute atomic E-state index is 12.1. The first-order valence-corrected chi connectivity index (χ1v) is 10.5. The second kappa shape index (κ2) is 9.09. The van der Waals surface area contributed by atoms with E-state index in [4.69, 9.17) is 13.9 Å². The van der Waals surface area contributed by atoms with Crippen LogP contribution in [0.15, 0.2) is 75.6 Å². The molecule has 0 fully saturated rings. The lowest BCUT2D eigenvalue weighted by Gasteiger charge is -2.09. The first kappa shape index (κ1) is 20.7. The van der Waals surface area contributed by atoms with E-state index in [0.29, 0.717) is 23.6 Å². The third-order valence-electron chi connectivity index (χ3n) is 4.77. The molecule has 0 aliphatic carbocycles. The van der Waals surface area contributed by atoms with Gasteiger partial charge in [-0.15, -0.1) is 16.8 Å². The molecule has 4 aromatic rings. The summed E-state index contributed by atoms with van der Waals surface area (Å²) in [6.07, 6.45) is 1.80. The van der Waals surface area contributed by atoms with E-state index in [1.165, 1.54) is 17.8 Å². The van der Waals surface area contributed by atoms with Gasteiger partial charge in [0.05, 0.1) is 14.2 Å². The molecular formula is C23H21N3O4S. The standard InChI is InChI=1S/C23H21N3O4S/c1-4-11-26-22(15-5-7-17(28-2)8-6-15)24-25-23(26)31-14-16-12-21(27)30-20-13-18(29-3)9-10-19(16)20/h4-10,12-13H,1,11,14H2,2-3H3. The van der Waals surface area contributed by atoms with Gasteiger partial charge in [0.15, 0.2) is 11.0 Å². The Labute approximate surface area is 183 Å². The topological polar surface area (TPSA) is 79.4 Å². The van der Waals surface area contributed by atoms with Crippen molar-refractivity contribution >= 4 is 22.7 Å². The van der Waals surface area contributed by atoms with E-state index in [0.717, 1.165) is 33.2 Å². The van der Waals surface area contributed by atoms with Crippen LogP contribution >= 0.6 is 11.8 Å². The minimum atomic E-state index is -0.400. The number of nitrogens with zero attached hydrogens (tertiary/aromatic N) is 3. The highest BCUT2D eigenvalue weighted by Gasteiger charge is 2.15. The molecule has 2 heterocycles. The fourth-order valence-electron chi connectivity index (χ4n) is 3.24. The van der Waals surface area contributed by atoms with Crippen molar-refractivity contribution in [1.29, 1.82) is 0 Å². The lowest BCUT2D eigenvalue weighted by molar-refractivity contribution is 0.414. The van der Waals surface area contributed by atoms with Crippen molar-refractivity contribution < 1.29 is 13.9 Å². The largest absolute Gasteiger partial charge is 0.497 e. The predicted molar refractivity (Wildman–Crippen MR) is 121 cm³/mol. The van der Waals surface area contributed by atoms with Crippen molar-refractivity contribution in [3.05, 3.63) is 77.2 Å². The van der Waals surface area contributed by atoms with Gasteiger partial charge in [0.25, 0.3) is 0 Å². The maximum Gasteiger partial charge on any atom is 0.336 e. The number of hydrogen-bond donors (Lipinski definition) is 0. The Morgan fingerprint density at radius 1 is 1.06 bits per heavy atom. The van der Waals surface area contributed by atoms with Crippen molar-refractivity contribution in [3.63, 3.8) is 0 Å². The average molecular weight is 436 g/mol. The Balaban J connectivity index is 1.65. The third-order valence-corrected chi connectivity index (χ3v) is 5.79. The monoisotopic (exact) mass is 435 g/mol. The lowest BCUT2D eigenvalue weighted by Crippen LogP contribution is -2.02. The van der Waals surface area contributed by atoms with Gasteiger partial charge in [0, 0.05) is 35.4 Å². The Morgan fingerprint density at radius 2 is 1.81 bits per heavy atom. The minimum Gasteiger partial charge on any atom is -0.497 e. The lowest BCUT2D eigenvalue weighted by atomic mass is 10.1. The number of benzene rings is 2. The van der Waals surface area contributed by atoms with Gasteiger partial charge in [0.2, 0.25) is 0 Å². The quantitative estimate of drug-likeness (QED) is 0.228. The number of hydrogen-bond acceptors (Lipinski definition) is 7. The zero-order chi connectivity index (χ0) is 21.8. The molecule has 0 saturated heterocycles. The Bertz CT molecular complexity index is 1280. The number of thioether (sulfide) groups is 1. The van der Waals surface area contributed by atoms with Gasteiger partial charge >= 0.3 is 5.63 Å². The normalized spacial score (nSPS) is 10.9. The Morgan fingerprint density at radius 3 is 2.52 bits per heavy atom. The fourth-order valence-corrected chi connectivity index (χ4v) is 4.18. The van der Waals surface area contributed by atoms with Crippen LogP contribution in [0.5, 0.6) is 11.5 Å². The molecule has 7 nitrogen and oxygen atoms in total. The number of methoxy groups -OCH3 is 2. The van der Waals surface area contributed by atoms with Crippen molar-refractivity contribution in [2.24, 2.45) is 0 Å². The van der Waals surface area contributed by atoms with Gasteiger partial charge in [-0.1, -0.05) is 17.8 Å². The number of fused-ring (bicyclic) bond motifs is 1. The van der Waals surface area contributed by atoms with E-state index in [2.05, 4.69) is 16.8 Å². The second-order valence-electron chi connectivity index (χ2n) is 6.68. The summed E-state index contributed by atoms with van der Waals surface area (Å²) in [5.41, 5.74) is 1.88. The van der Waals surface area contributed by atoms with Crippen molar-refractivity contribution in [1.82, 2.24) is 14.8 Å². The molecule has 0 N–H and O–H groups in total. The van der Waals surface area contributed by atoms with Crippen molar-refractivity contribution in [2.75, 3.05) is 14.2 Å². The summed E-state index contributed by atoms with van der Waals surface area (Å²) in [7, 11) is 3.21. The zero-order valence-corrected chi connectivity index (χ0v) is 18.0. The molecule has 0 radical (unpaired) electrons. The van der Waals surface area contributed by atoms with Crippen LogP contribution in [0, 0.1) is 0 Å². The summed E-state index contributed by atoms with van der Waals surface area (Å²) >= 11 is 1.50. The molecule has 0 spiro atoms. The highest BCUT2D eigenvalue weighted by molar-refractivity contribution is 7.98. The van der Waals surface area contributed by atoms with E-state index < -0.39 is 5.63 Å². The second-order valence-corrected chi connectivity index (χ2v) is 7.62. The zero-order valence-electron chi connectivity index (χ0n) is 17.2. The predicted octanol–water partition coefficient (Wildman–Crippen LogP) is 4.55. The van der Waals surface area contributed by atoms with Gasteiger partial charge in [-0.2, -0.15) is 0 Å². The molecule has 0 bridgehead atoms. The smallest absolute Gasteiger partial charge is 0.336 e. The Hall–Kier alpha value is -3.52. The molecular weight excluding hydrogens is 414 g/mol. The van der Waals surface area contributed by atoms with Crippen LogP contribution in [0.4, 0.5) is 0 Å². The highest BCUT2D eigenvalue weighted by atomic mass is 32.2. The van der Waals surface area contributed by atoms with Crippen molar-refractivity contribution in [3.8, 4) is 22.9 Å². The summed E-state index contributed by atoms with van der Waals surface area (Å²) < 4.78 is 17.8. The van der Waals surface area contributed by atoms with Crippen LogP contribution in [-0.2, 0) is 12.3 Å². The molecule has 0 amide bonds. The fraction of sp³-hybridized carbons (Fsp3) is 0.174. The molecule has 158 valence electrons. The minimum absolute atomic E-state index is 0.400. The number of ether oxygens (including phenoxy) is 2. The molecule has 8 heteroatoms. The van der Waals surface area contributed by atoms with Gasteiger partial charge in [-0.05, 0) is 42.0 Å². The third kappa shape index (κ3) is 4.34. The molecule has 4 rings (SSSR count). The van der Waals surface area contributed by atoms with Gasteiger partial charge in [0.1, 0.15) is 17.1 Å². The van der Waals surface area contributed by atoms with Gasteiger partial charge in [-0.25, -0.2) is 4.79 Å². The average Bonchev–Trinajstić information content (AvgIpc) is 3.19. The number of rotatable bonds is 8. The Kier molecular flexibility index (Phi) is 6.08. The van der Waals surface area contributed by atoms with E-state index in [-0.39, 0.29) is 0 Å². The molecule has 2 aromatic carbocycles. The summed E-state index contributed by atoms with van der Waals surface area (Å²) in [6, 6.07) is 14.6. The van der Waals surface area contributed by atoms with Gasteiger partial charge in [-0.3, -0.25) is 4.57 Å². The molecule has 2 aromatic heterocycles. The van der Waals surface area contributed by atoms with Crippen LogP contribution in [-0.4, -0.2) is 29.0 Å². The summed E-state index contributed by atoms with van der Waals surface area (Å²) in [6.45, 7) is 4.42. The van der Waals surface area contributed by atoms with Crippen LogP contribution in [0.1, 0.15) is 5.56 Å². The van der Waals surface area contributed by atoms with Crippen LogP contribution in [0.2, 0.25) is 0 Å². The van der Waals surface area contributed by atoms with E-state index in [9.17, 15) is 4.79 Å². The molecule has 0 aliphatic heterocycles. The highest BCUT2D eigenvalue weighted by Crippen LogP contribution is 2.30.